The van der Waals surface area contributed by atoms with Gasteiger partial charge in [-0.05, 0) is 37.1 Å². The number of nitrogens with zero attached hydrogens (tertiary/aromatic N) is 3. The molecule has 1 atom stereocenters. The number of hydrogen-bond donors (Lipinski definition) is 1. The Morgan fingerprint density at radius 3 is 2.43 bits per heavy atom. The molecule has 2 aliphatic heterocycles. The molecule has 3 rings (SSSR count). The number of nitrogens with one attached hydrogen (secondary N) is 1. The Morgan fingerprint density at radius 1 is 1.13 bits per heavy atom. The molecule has 8 heteroatoms. The number of morpholine rings is 1. The largest absolute Gasteiger partial charge is 0.378 e. The molecule has 0 bridgehead atoms. The van der Waals surface area contributed by atoms with Gasteiger partial charge in [-0.3, -0.25) is 14.4 Å². The number of anilines is 2. The van der Waals surface area contributed by atoms with E-state index in [0.717, 1.165) is 38.4 Å². The molecule has 1 aromatic rings. The van der Waals surface area contributed by atoms with E-state index in [4.69, 9.17) is 4.74 Å². The molecule has 0 aliphatic carbocycles. The summed E-state index contributed by atoms with van der Waals surface area (Å²) in [5.74, 6) is -0.597. The van der Waals surface area contributed by atoms with Crippen LogP contribution in [0.3, 0.4) is 0 Å². The molecule has 2 fully saturated rings. The summed E-state index contributed by atoms with van der Waals surface area (Å²) in [5, 5.41) is 2.84. The summed E-state index contributed by atoms with van der Waals surface area (Å²) in [6, 6.07) is 7.22. The number of ether oxygens (including phenoxy) is 1. The normalized spacial score (nSPS) is 19.1. The van der Waals surface area contributed by atoms with Gasteiger partial charge in [-0.15, -0.1) is 0 Å². The van der Waals surface area contributed by atoms with Gasteiger partial charge in [-0.2, -0.15) is 0 Å². The Bertz CT molecular complexity index is 759. The monoisotopic (exact) mass is 416 g/mol. The van der Waals surface area contributed by atoms with Crippen LogP contribution in [0.2, 0.25) is 0 Å². The number of likely N-dealkylation sites (tertiary alicyclic amines) is 1. The quantitative estimate of drug-likeness (QED) is 0.761. The van der Waals surface area contributed by atoms with Gasteiger partial charge < -0.3 is 24.8 Å². The molecular formula is C22H32N4O4. The Labute approximate surface area is 178 Å². The highest BCUT2D eigenvalue weighted by Crippen LogP contribution is 2.22. The summed E-state index contributed by atoms with van der Waals surface area (Å²) < 4.78 is 5.37. The van der Waals surface area contributed by atoms with Crippen molar-refractivity contribution in [2.45, 2.75) is 32.7 Å². The van der Waals surface area contributed by atoms with Gasteiger partial charge in [-0.25, -0.2) is 0 Å². The minimum absolute atomic E-state index is 0.0101. The molecule has 3 amide bonds. The predicted molar refractivity (Wildman–Crippen MR) is 115 cm³/mol. The first-order chi connectivity index (χ1) is 14.4. The standard InChI is InChI=1S/C22H32N4O4/c1-16(2)21(28)26-10-4-5-19(26)22(29)24(3)15-20(27)23-17-6-8-18(9-7-17)25-11-13-30-14-12-25/h6-9,16,19H,4-5,10-15H2,1-3H3,(H,23,27). The highest BCUT2D eigenvalue weighted by molar-refractivity contribution is 5.96. The van der Waals surface area contributed by atoms with Crippen LogP contribution in [0.1, 0.15) is 26.7 Å². The van der Waals surface area contributed by atoms with Crippen molar-refractivity contribution in [3.05, 3.63) is 24.3 Å². The van der Waals surface area contributed by atoms with E-state index < -0.39 is 6.04 Å². The Balaban J connectivity index is 1.52. The van der Waals surface area contributed by atoms with Crippen LogP contribution >= 0.6 is 0 Å². The zero-order chi connectivity index (χ0) is 21.7. The average Bonchev–Trinajstić information content (AvgIpc) is 3.23. The van der Waals surface area contributed by atoms with Gasteiger partial charge in [0.05, 0.1) is 19.8 Å². The minimum atomic E-state index is -0.467. The minimum Gasteiger partial charge on any atom is -0.378 e. The highest BCUT2D eigenvalue weighted by Gasteiger charge is 2.36. The van der Waals surface area contributed by atoms with E-state index in [0.29, 0.717) is 18.7 Å². The van der Waals surface area contributed by atoms with Gasteiger partial charge in [0.1, 0.15) is 6.04 Å². The summed E-state index contributed by atoms with van der Waals surface area (Å²) in [4.78, 5) is 42.9. The lowest BCUT2D eigenvalue weighted by atomic mass is 10.1. The number of hydrogen-bond acceptors (Lipinski definition) is 5. The number of benzene rings is 1. The van der Waals surface area contributed by atoms with Gasteiger partial charge >= 0.3 is 0 Å². The first-order valence-corrected chi connectivity index (χ1v) is 10.6. The maximum atomic E-state index is 12.8. The van der Waals surface area contributed by atoms with E-state index in [-0.39, 0.29) is 30.2 Å². The van der Waals surface area contributed by atoms with Gasteiger partial charge in [-0.1, -0.05) is 13.8 Å². The van der Waals surface area contributed by atoms with Crippen LogP contribution in [-0.2, 0) is 19.1 Å². The first-order valence-electron chi connectivity index (χ1n) is 10.6. The molecule has 2 aliphatic rings. The Morgan fingerprint density at radius 2 is 1.80 bits per heavy atom. The van der Waals surface area contributed by atoms with E-state index in [1.165, 1.54) is 4.90 Å². The van der Waals surface area contributed by atoms with Gasteiger partial charge in [0.2, 0.25) is 17.7 Å². The van der Waals surface area contributed by atoms with Crippen LogP contribution in [0.15, 0.2) is 24.3 Å². The van der Waals surface area contributed by atoms with E-state index in [1.54, 1.807) is 11.9 Å². The summed E-state index contributed by atoms with van der Waals surface area (Å²) in [6.07, 6.45) is 1.46. The van der Waals surface area contributed by atoms with Crippen LogP contribution in [0, 0.1) is 5.92 Å². The van der Waals surface area contributed by atoms with Crippen molar-refractivity contribution in [1.82, 2.24) is 9.80 Å². The van der Waals surface area contributed by atoms with E-state index in [1.807, 2.05) is 38.1 Å². The van der Waals surface area contributed by atoms with Crippen LogP contribution < -0.4 is 10.2 Å². The lowest BCUT2D eigenvalue weighted by Crippen LogP contribution is -2.49. The Hall–Kier alpha value is -2.61. The maximum absolute atomic E-state index is 12.8. The maximum Gasteiger partial charge on any atom is 0.245 e. The lowest BCUT2D eigenvalue weighted by molar-refractivity contribution is -0.145. The first kappa shape index (κ1) is 22.1. The van der Waals surface area contributed by atoms with Gasteiger partial charge in [0.25, 0.3) is 0 Å². The number of rotatable bonds is 6. The molecule has 0 spiro atoms. The molecule has 1 aromatic carbocycles. The fourth-order valence-corrected chi connectivity index (χ4v) is 3.94. The zero-order valence-corrected chi connectivity index (χ0v) is 18.1. The van der Waals surface area contributed by atoms with Crippen molar-refractivity contribution < 1.29 is 19.1 Å². The summed E-state index contributed by atoms with van der Waals surface area (Å²) in [5.41, 5.74) is 1.79. The van der Waals surface area contributed by atoms with E-state index >= 15 is 0 Å². The molecule has 0 radical (unpaired) electrons. The fourth-order valence-electron chi connectivity index (χ4n) is 3.94. The molecule has 2 heterocycles. The summed E-state index contributed by atoms with van der Waals surface area (Å²) in [6.45, 7) is 7.38. The number of likely N-dealkylation sites (N-methyl/N-ethyl adjacent to an activating group) is 1. The fraction of sp³-hybridized carbons (Fsp3) is 0.591. The number of amides is 3. The third-order valence-electron chi connectivity index (χ3n) is 5.60. The van der Waals surface area contributed by atoms with E-state index in [9.17, 15) is 14.4 Å². The average molecular weight is 417 g/mol. The second kappa shape index (κ2) is 9.93. The van der Waals surface area contributed by atoms with Crippen molar-refractivity contribution >= 4 is 29.1 Å². The van der Waals surface area contributed by atoms with E-state index in [2.05, 4.69) is 10.2 Å². The molecule has 164 valence electrons. The summed E-state index contributed by atoms with van der Waals surface area (Å²) in [7, 11) is 1.61. The molecule has 2 saturated heterocycles. The van der Waals surface area contributed by atoms with Crippen molar-refractivity contribution in [2.24, 2.45) is 5.92 Å². The molecule has 30 heavy (non-hydrogen) atoms. The highest BCUT2D eigenvalue weighted by atomic mass is 16.5. The molecule has 8 nitrogen and oxygen atoms in total. The Kier molecular flexibility index (Phi) is 7.31. The lowest BCUT2D eigenvalue weighted by Gasteiger charge is -2.29. The second-order valence-electron chi connectivity index (χ2n) is 8.23. The SMILES string of the molecule is CC(C)C(=O)N1CCCC1C(=O)N(C)CC(=O)Nc1ccc(N2CCOCC2)cc1. The topological polar surface area (TPSA) is 82.2 Å². The zero-order valence-electron chi connectivity index (χ0n) is 18.1. The number of carbonyl (C=O) groups is 3. The molecule has 0 aromatic heterocycles. The van der Waals surface area contributed by atoms with Crippen molar-refractivity contribution in [3.63, 3.8) is 0 Å². The third-order valence-corrected chi connectivity index (χ3v) is 5.60. The van der Waals surface area contributed by atoms with Crippen LogP contribution in [0.25, 0.3) is 0 Å². The second-order valence-corrected chi connectivity index (χ2v) is 8.23. The molecule has 0 saturated carbocycles. The van der Waals surface area contributed by atoms with Crippen molar-refractivity contribution in [3.8, 4) is 0 Å². The third kappa shape index (κ3) is 5.30. The number of carbonyl (C=O) groups excluding carboxylic acids is 3. The molecule has 1 N–H and O–H groups in total. The predicted octanol–water partition coefficient (Wildman–Crippen LogP) is 1.57. The van der Waals surface area contributed by atoms with Crippen LogP contribution in [0.5, 0.6) is 0 Å². The molecular weight excluding hydrogens is 384 g/mol. The van der Waals surface area contributed by atoms with Gasteiger partial charge in [0, 0.05) is 44.0 Å². The van der Waals surface area contributed by atoms with Crippen molar-refractivity contribution in [1.29, 1.82) is 0 Å². The van der Waals surface area contributed by atoms with Crippen LogP contribution in [0.4, 0.5) is 11.4 Å². The smallest absolute Gasteiger partial charge is 0.245 e. The van der Waals surface area contributed by atoms with Gasteiger partial charge in [0.15, 0.2) is 0 Å². The summed E-state index contributed by atoms with van der Waals surface area (Å²) >= 11 is 0. The molecule has 1 unspecified atom stereocenters. The van der Waals surface area contributed by atoms with Crippen molar-refractivity contribution in [2.75, 3.05) is 56.7 Å². The van der Waals surface area contributed by atoms with Crippen LogP contribution in [-0.4, -0.2) is 80.0 Å².